The first kappa shape index (κ1) is 24.6. The summed E-state index contributed by atoms with van der Waals surface area (Å²) in [7, 11) is -2.34. The van der Waals surface area contributed by atoms with Crippen molar-refractivity contribution >= 4 is 49.1 Å². The van der Waals surface area contributed by atoms with Gasteiger partial charge in [-0.3, -0.25) is 14.2 Å². The van der Waals surface area contributed by atoms with Crippen LogP contribution in [0, 0.1) is 6.92 Å². The van der Waals surface area contributed by atoms with Gasteiger partial charge in [0.15, 0.2) is 0 Å². The van der Waals surface area contributed by atoms with Crippen LogP contribution in [-0.4, -0.2) is 54.3 Å². The number of fused-ring (bicyclic) bond motifs is 1. The quantitative estimate of drug-likeness (QED) is 0.478. The number of benzene rings is 1. The Morgan fingerprint density at radius 2 is 1.82 bits per heavy atom. The molecular weight excluding hydrogens is 468 g/mol. The number of hydrogen-bond acceptors (Lipinski definition) is 8. The molecule has 0 radical (unpaired) electrons. The molecule has 0 saturated heterocycles. The fourth-order valence-electron chi connectivity index (χ4n) is 3.34. The predicted octanol–water partition coefficient (Wildman–Crippen LogP) is 2.22. The third kappa shape index (κ3) is 4.82. The molecule has 33 heavy (non-hydrogen) atoms. The summed E-state index contributed by atoms with van der Waals surface area (Å²) >= 11 is 1.06. The molecule has 0 aliphatic heterocycles. The monoisotopic (exact) mass is 492 g/mol. The Balaban J connectivity index is 1.78. The van der Waals surface area contributed by atoms with Gasteiger partial charge in [0.2, 0.25) is 15.9 Å². The third-order valence-electron chi connectivity index (χ3n) is 5.08. The molecule has 1 aromatic carbocycles. The second-order valence-corrected chi connectivity index (χ2v) is 10.0. The van der Waals surface area contributed by atoms with E-state index in [0.29, 0.717) is 34.0 Å². The summed E-state index contributed by atoms with van der Waals surface area (Å²) < 4.78 is 32.4. The van der Waals surface area contributed by atoms with E-state index in [1.54, 1.807) is 20.8 Å². The van der Waals surface area contributed by atoms with Crippen LogP contribution in [0.15, 0.2) is 40.3 Å². The molecule has 0 bridgehead atoms. The lowest BCUT2D eigenvalue weighted by Gasteiger charge is -2.18. The van der Waals surface area contributed by atoms with Gasteiger partial charge in [-0.15, -0.1) is 11.3 Å². The van der Waals surface area contributed by atoms with Crippen LogP contribution in [0.1, 0.15) is 29.1 Å². The molecule has 0 atom stereocenters. The van der Waals surface area contributed by atoms with Gasteiger partial charge in [0.25, 0.3) is 5.56 Å². The number of aryl methyl sites for hydroxylation is 1. The fraction of sp³-hybridized carbons (Fsp3) is 0.333. The lowest BCUT2D eigenvalue weighted by atomic mass is 10.2. The van der Waals surface area contributed by atoms with E-state index in [4.69, 9.17) is 4.74 Å². The standard InChI is InChI=1S/C21H24N4O6S2/c1-5-25(6-2)33(29,30)15-9-7-14(8-10-15)23-16(26)11-24-12-22-19-17(20(24)27)13(3)18(32-19)21(28)31-4/h7-10,12H,5-6,11H2,1-4H3,(H,23,26). The Hall–Kier alpha value is -3.09. The maximum atomic E-state index is 12.9. The summed E-state index contributed by atoms with van der Waals surface area (Å²) in [6.45, 7) is 5.57. The van der Waals surface area contributed by atoms with Gasteiger partial charge in [0.05, 0.1) is 23.7 Å². The summed E-state index contributed by atoms with van der Waals surface area (Å²) in [6.07, 6.45) is 1.25. The van der Waals surface area contributed by atoms with Crippen molar-refractivity contribution in [2.45, 2.75) is 32.2 Å². The molecule has 0 fully saturated rings. The van der Waals surface area contributed by atoms with Crippen molar-refractivity contribution in [1.82, 2.24) is 13.9 Å². The number of anilines is 1. The number of ether oxygens (including phenoxy) is 1. The zero-order valence-electron chi connectivity index (χ0n) is 18.6. The Labute approximate surface area is 194 Å². The smallest absolute Gasteiger partial charge is 0.348 e. The van der Waals surface area contributed by atoms with E-state index in [0.717, 1.165) is 15.9 Å². The lowest BCUT2D eigenvalue weighted by molar-refractivity contribution is -0.116. The Bertz CT molecular complexity index is 1360. The number of methoxy groups -OCH3 is 1. The van der Waals surface area contributed by atoms with Crippen molar-refractivity contribution in [3.63, 3.8) is 0 Å². The highest BCUT2D eigenvalue weighted by Crippen LogP contribution is 2.27. The van der Waals surface area contributed by atoms with Crippen molar-refractivity contribution in [3.8, 4) is 0 Å². The third-order valence-corrected chi connectivity index (χ3v) is 8.33. The van der Waals surface area contributed by atoms with Crippen LogP contribution in [0.5, 0.6) is 0 Å². The normalized spacial score (nSPS) is 11.7. The van der Waals surface area contributed by atoms with Crippen molar-refractivity contribution in [3.05, 3.63) is 51.4 Å². The molecule has 3 aromatic rings. The van der Waals surface area contributed by atoms with Gasteiger partial charge in [-0.1, -0.05) is 13.8 Å². The summed E-state index contributed by atoms with van der Waals surface area (Å²) in [5.41, 5.74) is 0.402. The number of esters is 1. The van der Waals surface area contributed by atoms with Crippen molar-refractivity contribution in [2.24, 2.45) is 0 Å². The number of carbonyl (C=O) groups excluding carboxylic acids is 2. The highest BCUT2D eigenvalue weighted by Gasteiger charge is 2.22. The van der Waals surface area contributed by atoms with Crippen molar-refractivity contribution < 1.29 is 22.7 Å². The Morgan fingerprint density at radius 3 is 2.39 bits per heavy atom. The highest BCUT2D eigenvalue weighted by atomic mass is 32.2. The minimum atomic E-state index is -3.60. The fourth-order valence-corrected chi connectivity index (χ4v) is 5.85. The van der Waals surface area contributed by atoms with Gasteiger partial charge in [-0.2, -0.15) is 4.31 Å². The molecule has 0 aliphatic rings. The predicted molar refractivity (Wildman–Crippen MR) is 125 cm³/mol. The molecule has 0 spiro atoms. The van der Waals surface area contributed by atoms with Gasteiger partial charge in [0, 0.05) is 18.8 Å². The molecule has 1 N–H and O–H groups in total. The second-order valence-electron chi connectivity index (χ2n) is 7.07. The summed E-state index contributed by atoms with van der Waals surface area (Å²) in [6, 6.07) is 5.83. The second kappa shape index (κ2) is 9.81. The largest absolute Gasteiger partial charge is 0.465 e. The molecule has 3 rings (SSSR count). The number of aromatic nitrogens is 2. The number of rotatable bonds is 8. The molecule has 1 amide bonds. The zero-order valence-corrected chi connectivity index (χ0v) is 20.2. The van der Waals surface area contributed by atoms with Gasteiger partial charge in [0.1, 0.15) is 16.3 Å². The topological polar surface area (TPSA) is 128 Å². The molecule has 10 nitrogen and oxygen atoms in total. The first-order valence-electron chi connectivity index (χ1n) is 10.1. The maximum absolute atomic E-state index is 12.9. The molecule has 176 valence electrons. The van der Waals surface area contributed by atoms with Crippen LogP contribution in [0.3, 0.4) is 0 Å². The maximum Gasteiger partial charge on any atom is 0.348 e. The average molecular weight is 493 g/mol. The zero-order chi connectivity index (χ0) is 24.3. The number of nitrogens with zero attached hydrogens (tertiary/aromatic N) is 3. The first-order chi connectivity index (χ1) is 15.6. The summed E-state index contributed by atoms with van der Waals surface area (Å²) in [5.74, 6) is -1.04. The van der Waals surface area contributed by atoms with E-state index in [2.05, 4.69) is 10.3 Å². The first-order valence-corrected chi connectivity index (χ1v) is 12.4. The Kier molecular flexibility index (Phi) is 7.30. The van der Waals surface area contributed by atoms with Gasteiger partial charge in [-0.05, 0) is 36.8 Å². The van der Waals surface area contributed by atoms with Gasteiger partial charge >= 0.3 is 5.97 Å². The number of thiophene rings is 1. The van der Waals surface area contributed by atoms with E-state index < -0.39 is 27.5 Å². The molecular formula is C21H24N4O6S2. The number of amides is 1. The Morgan fingerprint density at radius 1 is 1.18 bits per heavy atom. The minimum Gasteiger partial charge on any atom is -0.465 e. The number of carbonyl (C=O) groups is 2. The minimum absolute atomic E-state index is 0.129. The van der Waals surface area contributed by atoms with E-state index in [1.165, 1.54) is 42.0 Å². The summed E-state index contributed by atoms with van der Waals surface area (Å²) in [5, 5.41) is 2.91. The van der Waals surface area contributed by atoms with Crippen LogP contribution in [0.4, 0.5) is 5.69 Å². The average Bonchev–Trinajstić information content (AvgIpc) is 3.13. The van der Waals surface area contributed by atoms with E-state index >= 15 is 0 Å². The van der Waals surface area contributed by atoms with Crippen LogP contribution in [-0.2, 0) is 26.1 Å². The lowest BCUT2D eigenvalue weighted by Crippen LogP contribution is -2.30. The SMILES string of the molecule is CCN(CC)S(=O)(=O)c1ccc(NC(=O)Cn2cnc3sc(C(=O)OC)c(C)c3c2=O)cc1. The van der Waals surface area contributed by atoms with Crippen LogP contribution in [0.25, 0.3) is 10.2 Å². The molecule has 0 unspecified atom stereocenters. The van der Waals surface area contributed by atoms with Crippen LogP contribution in [0.2, 0.25) is 0 Å². The number of nitrogens with one attached hydrogen (secondary N) is 1. The van der Waals surface area contributed by atoms with Gasteiger partial charge < -0.3 is 10.1 Å². The van der Waals surface area contributed by atoms with Gasteiger partial charge in [-0.25, -0.2) is 18.2 Å². The molecule has 2 heterocycles. The van der Waals surface area contributed by atoms with E-state index in [9.17, 15) is 22.8 Å². The van der Waals surface area contributed by atoms with Crippen molar-refractivity contribution in [1.29, 1.82) is 0 Å². The number of hydrogen-bond donors (Lipinski definition) is 1. The van der Waals surface area contributed by atoms with E-state index in [-0.39, 0.29) is 16.8 Å². The molecule has 12 heteroatoms. The molecule has 2 aromatic heterocycles. The van der Waals surface area contributed by atoms with Crippen LogP contribution >= 0.6 is 11.3 Å². The van der Waals surface area contributed by atoms with Crippen LogP contribution < -0.4 is 10.9 Å². The molecule has 0 saturated carbocycles. The highest BCUT2D eigenvalue weighted by molar-refractivity contribution is 7.89. The number of sulfonamides is 1. The molecule has 0 aliphatic carbocycles. The summed E-state index contributed by atoms with van der Waals surface area (Å²) in [4.78, 5) is 42.3. The van der Waals surface area contributed by atoms with Crippen molar-refractivity contribution in [2.75, 3.05) is 25.5 Å². The van der Waals surface area contributed by atoms with E-state index in [1.807, 2.05) is 0 Å².